The van der Waals surface area contributed by atoms with Crippen molar-refractivity contribution in [3.05, 3.63) is 29.9 Å². The molecule has 1 N–H and O–H groups in total. The minimum atomic E-state index is -2.24. The van der Waals surface area contributed by atoms with Gasteiger partial charge >= 0.3 is 0 Å². The highest BCUT2D eigenvalue weighted by atomic mass is 32.1. The molecule has 0 atom stereocenters. The summed E-state index contributed by atoms with van der Waals surface area (Å²) in [6, 6.07) is 4.18. The van der Waals surface area contributed by atoms with Crippen LogP contribution >= 0.6 is 11.3 Å². The summed E-state index contributed by atoms with van der Waals surface area (Å²) in [5.41, 5.74) is 1.91. The highest BCUT2D eigenvalue weighted by molar-refractivity contribution is 7.14. The molecule has 0 aliphatic carbocycles. The number of thiazole rings is 1. The van der Waals surface area contributed by atoms with Crippen molar-refractivity contribution >= 4 is 16.5 Å². The highest BCUT2D eigenvalue weighted by Crippen LogP contribution is 2.26. The molecule has 0 unspecified atom stereocenters. The van der Waals surface area contributed by atoms with E-state index in [1.165, 1.54) is 0 Å². The van der Waals surface area contributed by atoms with Crippen molar-refractivity contribution in [3.8, 4) is 11.3 Å². The third-order valence-corrected chi connectivity index (χ3v) is 4.55. The van der Waals surface area contributed by atoms with Gasteiger partial charge in [-0.05, 0) is 25.0 Å². The third kappa shape index (κ3) is 3.98. The zero-order valence-electron chi connectivity index (χ0n) is 12.1. The molecule has 1 saturated heterocycles. The Hall–Kier alpha value is -1.60. The molecule has 0 aromatic carbocycles. The molecule has 0 bridgehead atoms. The van der Waals surface area contributed by atoms with Crippen LogP contribution in [0.5, 0.6) is 0 Å². The molecule has 2 aromatic rings. The topological polar surface area (TPSA) is 41.0 Å². The first-order chi connectivity index (χ1) is 10.7. The van der Waals surface area contributed by atoms with E-state index in [0.29, 0.717) is 19.1 Å². The zero-order valence-corrected chi connectivity index (χ0v) is 12.9. The summed E-state index contributed by atoms with van der Waals surface area (Å²) in [5.74, 6) is 0. The van der Waals surface area contributed by atoms with Crippen LogP contribution in [0, 0.1) is 0 Å². The second-order valence-electron chi connectivity index (χ2n) is 5.39. The zero-order chi connectivity index (χ0) is 15.4. The molecular formula is C15H18F2N4S. The van der Waals surface area contributed by atoms with Gasteiger partial charge in [-0.15, -0.1) is 11.3 Å². The molecule has 0 saturated carbocycles. The van der Waals surface area contributed by atoms with Gasteiger partial charge in [0.15, 0.2) is 5.13 Å². The molecule has 7 heteroatoms. The maximum atomic E-state index is 12.4. The Kier molecular flexibility index (Phi) is 4.94. The summed E-state index contributed by atoms with van der Waals surface area (Å²) in [5, 5.41) is 6.30. The molecule has 118 valence electrons. The summed E-state index contributed by atoms with van der Waals surface area (Å²) in [7, 11) is 0. The summed E-state index contributed by atoms with van der Waals surface area (Å²) >= 11 is 1.57. The fourth-order valence-corrected chi connectivity index (χ4v) is 3.41. The first-order valence-electron chi connectivity index (χ1n) is 7.33. The standard InChI is InChI=1S/C15H18F2N4S/c16-14(17)9-21-6-3-12(4-7-21)19-15-20-13(10-22-15)11-2-1-5-18-8-11/h1-2,5,8,10,12,14H,3-4,6-7,9H2,(H,19,20). The van der Waals surface area contributed by atoms with Gasteiger partial charge in [-0.3, -0.25) is 9.88 Å². The molecule has 0 radical (unpaired) electrons. The van der Waals surface area contributed by atoms with E-state index in [9.17, 15) is 8.78 Å². The van der Waals surface area contributed by atoms with Crippen molar-refractivity contribution in [2.75, 3.05) is 25.0 Å². The summed E-state index contributed by atoms with van der Waals surface area (Å²) in [6.45, 7) is 1.31. The first kappa shape index (κ1) is 15.3. The van der Waals surface area contributed by atoms with E-state index in [1.807, 2.05) is 22.4 Å². The summed E-state index contributed by atoms with van der Waals surface area (Å²) in [4.78, 5) is 10.5. The van der Waals surface area contributed by atoms with E-state index in [0.717, 1.165) is 29.2 Å². The number of aromatic nitrogens is 2. The van der Waals surface area contributed by atoms with Crippen molar-refractivity contribution in [2.45, 2.75) is 25.3 Å². The molecule has 22 heavy (non-hydrogen) atoms. The van der Waals surface area contributed by atoms with Gasteiger partial charge in [-0.1, -0.05) is 0 Å². The number of likely N-dealkylation sites (tertiary alicyclic amines) is 1. The number of halogens is 2. The largest absolute Gasteiger partial charge is 0.359 e. The Morgan fingerprint density at radius 2 is 2.18 bits per heavy atom. The molecule has 1 aliphatic rings. The summed E-state index contributed by atoms with van der Waals surface area (Å²) in [6.07, 6.45) is 3.03. The maximum Gasteiger partial charge on any atom is 0.251 e. The second kappa shape index (κ2) is 7.11. The minimum absolute atomic E-state index is 0.116. The van der Waals surface area contributed by atoms with E-state index >= 15 is 0 Å². The van der Waals surface area contributed by atoms with Crippen LogP contribution in [0.1, 0.15) is 12.8 Å². The van der Waals surface area contributed by atoms with Crippen molar-refractivity contribution in [3.63, 3.8) is 0 Å². The molecule has 3 rings (SSSR count). The van der Waals surface area contributed by atoms with E-state index < -0.39 is 6.43 Å². The van der Waals surface area contributed by atoms with E-state index in [4.69, 9.17) is 0 Å². The van der Waals surface area contributed by atoms with Gasteiger partial charge in [0.1, 0.15) is 0 Å². The molecule has 4 nitrogen and oxygen atoms in total. The monoisotopic (exact) mass is 324 g/mol. The molecule has 3 heterocycles. The minimum Gasteiger partial charge on any atom is -0.359 e. The maximum absolute atomic E-state index is 12.4. The average molecular weight is 324 g/mol. The van der Waals surface area contributed by atoms with Crippen molar-refractivity contribution in [2.24, 2.45) is 0 Å². The lowest BCUT2D eigenvalue weighted by molar-refractivity contribution is 0.0769. The van der Waals surface area contributed by atoms with Gasteiger partial charge in [0.25, 0.3) is 6.43 Å². The van der Waals surface area contributed by atoms with Gasteiger partial charge < -0.3 is 5.32 Å². The smallest absolute Gasteiger partial charge is 0.251 e. The predicted molar refractivity (Wildman–Crippen MR) is 84.4 cm³/mol. The molecule has 1 fully saturated rings. The van der Waals surface area contributed by atoms with Gasteiger partial charge in [-0.2, -0.15) is 0 Å². The molecule has 2 aromatic heterocycles. The Morgan fingerprint density at radius 1 is 1.36 bits per heavy atom. The number of pyridine rings is 1. The molecule has 1 aliphatic heterocycles. The van der Waals surface area contributed by atoms with Crippen molar-refractivity contribution < 1.29 is 8.78 Å². The average Bonchev–Trinajstić information content (AvgIpc) is 2.98. The Balaban J connectivity index is 1.54. The number of nitrogens with zero attached hydrogens (tertiary/aromatic N) is 3. The van der Waals surface area contributed by atoms with Crippen molar-refractivity contribution in [1.82, 2.24) is 14.9 Å². The van der Waals surface area contributed by atoms with E-state index in [2.05, 4.69) is 15.3 Å². The highest BCUT2D eigenvalue weighted by Gasteiger charge is 2.21. The fourth-order valence-electron chi connectivity index (χ4n) is 2.62. The number of nitrogens with one attached hydrogen (secondary N) is 1. The van der Waals surface area contributed by atoms with Gasteiger partial charge in [0.2, 0.25) is 0 Å². The van der Waals surface area contributed by atoms with Crippen LogP contribution in [-0.4, -0.2) is 47.0 Å². The Labute approximate surface area is 132 Å². The number of anilines is 1. The molecule has 0 spiro atoms. The quantitative estimate of drug-likeness (QED) is 0.916. The number of piperidine rings is 1. The lowest BCUT2D eigenvalue weighted by atomic mass is 10.1. The van der Waals surface area contributed by atoms with Crippen molar-refractivity contribution in [1.29, 1.82) is 0 Å². The van der Waals surface area contributed by atoms with E-state index in [-0.39, 0.29) is 6.54 Å². The lowest BCUT2D eigenvalue weighted by Crippen LogP contribution is -2.41. The van der Waals surface area contributed by atoms with Crippen LogP contribution in [-0.2, 0) is 0 Å². The van der Waals surface area contributed by atoms with Crippen LogP contribution in [0.15, 0.2) is 29.9 Å². The molecule has 0 amide bonds. The number of alkyl halides is 2. The van der Waals surface area contributed by atoms with Crippen LogP contribution in [0.25, 0.3) is 11.3 Å². The number of hydrogen-bond acceptors (Lipinski definition) is 5. The van der Waals surface area contributed by atoms with Crippen LogP contribution in [0.2, 0.25) is 0 Å². The predicted octanol–water partition coefficient (Wildman–Crippen LogP) is 3.35. The van der Waals surface area contributed by atoms with E-state index in [1.54, 1.807) is 23.7 Å². The van der Waals surface area contributed by atoms with Crippen LogP contribution < -0.4 is 5.32 Å². The Bertz CT molecular complexity index is 582. The fraction of sp³-hybridized carbons (Fsp3) is 0.467. The second-order valence-corrected chi connectivity index (χ2v) is 6.25. The van der Waals surface area contributed by atoms with Crippen LogP contribution in [0.3, 0.4) is 0 Å². The van der Waals surface area contributed by atoms with Gasteiger partial charge in [0, 0.05) is 42.5 Å². The van der Waals surface area contributed by atoms with Crippen LogP contribution in [0.4, 0.5) is 13.9 Å². The Morgan fingerprint density at radius 3 is 2.86 bits per heavy atom. The molecular weight excluding hydrogens is 306 g/mol. The normalized spacial score (nSPS) is 17.0. The number of hydrogen-bond donors (Lipinski definition) is 1. The third-order valence-electron chi connectivity index (χ3n) is 3.77. The first-order valence-corrected chi connectivity index (χ1v) is 8.21. The van der Waals surface area contributed by atoms with Gasteiger partial charge in [-0.25, -0.2) is 13.8 Å². The lowest BCUT2D eigenvalue weighted by Gasteiger charge is -2.31. The number of rotatable bonds is 5. The SMILES string of the molecule is FC(F)CN1CCC(Nc2nc(-c3cccnc3)cs2)CC1. The van der Waals surface area contributed by atoms with Gasteiger partial charge in [0.05, 0.1) is 12.2 Å². The summed E-state index contributed by atoms with van der Waals surface area (Å²) < 4.78 is 24.7.